The number of carbonyl (C=O) groups excluding carboxylic acids is 1. The van der Waals surface area contributed by atoms with Crippen LogP contribution in [0.15, 0.2) is 10.9 Å². The molecule has 1 amide bonds. The van der Waals surface area contributed by atoms with Crippen molar-refractivity contribution in [1.82, 2.24) is 4.98 Å². The monoisotopic (exact) mass is 240 g/mol. The van der Waals surface area contributed by atoms with Gasteiger partial charge >= 0.3 is 6.18 Å². The molecule has 2 N–H and O–H groups in total. The van der Waals surface area contributed by atoms with E-state index in [1.54, 1.807) is 0 Å². The molecule has 0 fully saturated rings. The third-order valence-corrected chi connectivity index (χ3v) is 1.79. The summed E-state index contributed by atoms with van der Waals surface area (Å²) in [5.74, 6) is 0. The highest BCUT2D eigenvalue weighted by Crippen LogP contribution is 2.32. The first kappa shape index (κ1) is 11.6. The van der Waals surface area contributed by atoms with Crippen LogP contribution in [0.4, 0.5) is 18.9 Å². The summed E-state index contributed by atoms with van der Waals surface area (Å²) in [7, 11) is 0. The van der Waals surface area contributed by atoms with Gasteiger partial charge in [-0.15, -0.1) is 0 Å². The number of anilines is 1. The van der Waals surface area contributed by atoms with Crippen molar-refractivity contribution in [1.29, 1.82) is 0 Å². The van der Waals surface area contributed by atoms with Crippen LogP contribution in [0.5, 0.6) is 0 Å². The molecule has 4 nitrogen and oxygen atoms in total. The lowest BCUT2D eigenvalue weighted by molar-refractivity contribution is -0.141. The number of halogens is 4. The van der Waals surface area contributed by atoms with Crippen molar-refractivity contribution in [3.63, 3.8) is 0 Å². The van der Waals surface area contributed by atoms with E-state index in [4.69, 9.17) is 11.6 Å². The normalized spacial score (nSPS) is 11.2. The minimum atomic E-state index is -4.74. The molecule has 1 rings (SSSR count). The molecule has 1 aromatic heterocycles. The van der Waals surface area contributed by atoms with Gasteiger partial charge in [-0.1, -0.05) is 11.6 Å². The van der Waals surface area contributed by atoms with Crippen molar-refractivity contribution in [2.45, 2.75) is 6.18 Å². The maximum absolute atomic E-state index is 12.2. The number of hydrogen-bond donors (Lipinski definition) is 2. The molecule has 1 aromatic rings. The summed E-state index contributed by atoms with van der Waals surface area (Å²) in [6, 6.07) is 0.734. The number of rotatable bonds is 2. The SMILES string of the molecule is O=CNc1cc(Cl)c(C(F)(F)F)[nH]c1=O. The van der Waals surface area contributed by atoms with Gasteiger partial charge in [0.1, 0.15) is 11.4 Å². The number of carbonyl (C=O) groups is 1. The van der Waals surface area contributed by atoms with Crippen molar-refractivity contribution in [3.05, 3.63) is 27.1 Å². The van der Waals surface area contributed by atoms with Gasteiger partial charge in [0.05, 0.1) is 5.02 Å². The van der Waals surface area contributed by atoms with E-state index in [1.807, 2.05) is 5.32 Å². The van der Waals surface area contributed by atoms with Crippen LogP contribution in [0, 0.1) is 0 Å². The Kier molecular flexibility index (Phi) is 3.04. The summed E-state index contributed by atoms with van der Waals surface area (Å²) in [5, 5.41) is 1.23. The van der Waals surface area contributed by atoms with Crippen LogP contribution in [0.2, 0.25) is 5.02 Å². The zero-order valence-electron chi connectivity index (χ0n) is 6.98. The molecule has 0 saturated carbocycles. The molecule has 82 valence electrons. The first-order valence-corrected chi connectivity index (χ1v) is 3.94. The highest BCUT2D eigenvalue weighted by atomic mass is 35.5. The van der Waals surface area contributed by atoms with E-state index in [2.05, 4.69) is 0 Å². The average Bonchev–Trinajstić information content (AvgIpc) is 2.09. The topological polar surface area (TPSA) is 62.0 Å². The molecule has 0 aliphatic rings. The minimum absolute atomic E-state index is 0.161. The van der Waals surface area contributed by atoms with Crippen LogP contribution < -0.4 is 10.9 Å². The Labute approximate surface area is 86.1 Å². The lowest BCUT2D eigenvalue weighted by atomic mass is 10.3. The molecule has 0 aliphatic heterocycles. The molecule has 0 aromatic carbocycles. The van der Waals surface area contributed by atoms with Gasteiger partial charge in [0.2, 0.25) is 6.41 Å². The lowest BCUT2D eigenvalue weighted by Gasteiger charge is -2.09. The van der Waals surface area contributed by atoms with Crippen molar-refractivity contribution in [3.8, 4) is 0 Å². The van der Waals surface area contributed by atoms with Crippen molar-refractivity contribution < 1.29 is 18.0 Å². The van der Waals surface area contributed by atoms with Crippen LogP contribution in [0.25, 0.3) is 0 Å². The van der Waals surface area contributed by atoms with E-state index < -0.39 is 22.5 Å². The van der Waals surface area contributed by atoms with Gasteiger partial charge in [0.15, 0.2) is 0 Å². The maximum Gasteiger partial charge on any atom is 0.432 e. The van der Waals surface area contributed by atoms with E-state index >= 15 is 0 Å². The van der Waals surface area contributed by atoms with E-state index in [9.17, 15) is 22.8 Å². The predicted octanol–water partition coefficient (Wildman–Crippen LogP) is 1.62. The fraction of sp³-hybridized carbons (Fsp3) is 0.143. The van der Waals surface area contributed by atoms with E-state index in [1.165, 1.54) is 4.98 Å². The minimum Gasteiger partial charge on any atom is -0.324 e. The quantitative estimate of drug-likeness (QED) is 0.772. The lowest BCUT2D eigenvalue weighted by Crippen LogP contribution is -2.20. The van der Waals surface area contributed by atoms with E-state index in [-0.39, 0.29) is 12.1 Å². The summed E-state index contributed by atoms with van der Waals surface area (Å²) in [4.78, 5) is 22.5. The molecular formula is C7H4ClF3N2O2. The Bertz CT molecular complexity index is 441. The summed E-state index contributed by atoms with van der Waals surface area (Å²) in [6.07, 6.45) is -4.58. The van der Waals surface area contributed by atoms with Crippen LogP contribution in [-0.2, 0) is 11.0 Å². The molecular weight excluding hydrogens is 237 g/mol. The summed E-state index contributed by atoms with van der Waals surface area (Å²) in [5.41, 5.74) is -2.76. The zero-order chi connectivity index (χ0) is 11.6. The van der Waals surface area contributed by atoms with Gasteiger partial charge < -0.3 is 10.3 Å². The molecule has 0 radical (unpaired) electrons. The standard InChI is InChI=1S/C7H4ClF3N2O2/c8-3-1-4(12-2-14)6(15)13-5(3)7(9,10)11/h1-2H,(H,12,14)(H,13,15). The number of nitrogens with one attached hydrogen (secondary N) is 2. The predicted molar refractivity (Wildman–Crippen MR) is 46.8 cm³/mol. The molecule has 1 heterocycles. The van der Waals surface area contributed by atoms with Crippen LogP contribution in [-0.4, -0.2) is 11.4 Å². The Morgan fingerprint density at radius 1 is 1.47 bits per heavy atom. The van der Waals surface area contributed by atoms with Gasteiger partial charge in [-0.3, -0.25) is 9.59 Å². The third-order valence-electron chi connectivity index (χ3n) is 1.49. The maximum atomic E-state index is 12.2. The highest BCUT2D eigenvalue weighted by Gasteiger charge is 2.35. The van der Waals surface area contributed by atoms with Crippen molar-refractivity contribution in [2.24, 2.45) is 0 Å². The molecule has 0 unspecified atom stereocenters. The first-order chi connectivity index (χ1) is 6.86. The molecule has 0 bridgehead atoms. The summed E-state index contributed by atoms with van der Waals surface area (Å²) >= 11 is 5.28. The number of pyridine rings is 1. The zero-order valence-corrected chi connectivity index (χ0v) is 7.74. The number of amides is 1. The first-order valence-electron chi connectivity index (χ1n) is 3.56. The molecule has 0 atom stereocenters. The Morgan fingerprint density at radius 2 is 2.07 bits per heavy atom. The van der Waals surface area contributed by atoms with Gasteiger partial charge in [0.25, 0.3) is 5.56 Å². The summed E-state index contributed by atoms with van der Waals surface area (Å²) in [6.45, 7) is 0. The fourth-order valence-corrected chi connectivity index (χ4v) is 1.15. The molecule has 0 saturated heterocycles. The Morgan fingerprint density at radius 3 is 2.53 bits per heavy atom. The number of H-pyrrole nitrogens is 1. The number of aromatic amines is 1. The second-order valence-corrected chi connectivity index (χ2v) is 2.90. The van der Waals surface area contributed by atoms with E-state index in [0.717, 1.165) is 6.07 Å². The third kappa shape index (κ3) is 2.50. The van der Waals surface area contributed by atoms with E-state index in [0.29, 0.717) is 0 Å². The number of aromatic nitrogens is 1. The molecule has 8 heteroatoms. The van der Waals surface area contributed by atoms with Gasteiger partial charge in [0, 0.05) is 0 Å². The van der Waals surface area contributed by atoms with Crippen LogP contribution >= 0.6 is 11.6 Å². The van der Waals surface area contributed by atoms with Crippen molar-refractivity contribution >= 4 is 23.7 Å². The number of alkyl halides is 3. The molecule has 15 heavy (non-hydrogen) atoms. The second kappa shape index (κ2) is 3.93. The highest BCUT2D eigenvalue weighted by molar-refractivity contribution is 6.31. The largest absolute Gasteiger partial charge is 0.432 e. The Hall–Kier alpha value is -1.50. The van der Waals surface area contributed by atoms with Crippen LogP contribution in [0.1, 0.15) is 5.69 Å². The summed E-state index contributed by atoms with van der Waals surface area (Å²) < 4.78 is 36.6. The fourth-order valence-electron chi connectivity index (χ4n) is 0.882. The van der Waals surface area contributed by atoms with Gasteiger partial charge in [-0.25, -0.2) is 0 Å². The average molecular weight is 241 g/mol. The Balaban J connectivity index is 3.32. The smallest absolute Gasteiger partial charge is 0.324 e. The van der Waals surface area contributed by atoms with Crippen LogP contribution in [0.3, 0.4) is 0 Å². The van der Waals surface area contributed by atoms with Gasteiger partial charge in [-0.2, -0.15) is 13.2 Å². The van der Waals surface area contributed by atoms with Gasteiger partial charge in [-0.05, 0) is 6.07 Å². The molecule has 0 aliphatic carbocycles. The second-order valence-electron chi connectivity index (χ2n) is 2.50. The number of hydrogen-bond acceptors (Lipinski definition) is 2. The molecule has 0 spiro atoms. The van der Waals surface area contributed by atoms with Crippen molar-refractivity contribution in [2.75, 3.05) is 5.32 Å².